The van der Waals surface area contributed by atoms with Gasteiger partial charge in [0.1, 0.15) is 0 Å². The van der Waals surface area contributed by atoms with E-state index in [2.05, 4.69) is 10.3 Å². The molecule has 0 unspecified atom stereocenters. The number of rotatable bonds is 4. The zero-order chi connectivity index (χ0) is 11.9. The zero-order valence-electron chi connectivity index (χ0n) is 9.31. The lowest BCUT2D eigenvalue weighted by Crippen LogP contribution is -2.26. The molecule has 0 saturated carbocycles. The lowest BCUT2D eigenvalue weighted by atomic mass is 10.2. The maximum Gasteiger partial charge on any atom is 0.253 e. The van der Waals surface area contributed by atoms with Crippen LogP contribution in [0.15, 0.2) is 4.36 Å². The van der Waals surface area contributed by atoms with Gasteiger partial charge < -0.3 is 4.74 Å². The van der Waals surface area contributed by atoms with E-state index >= 15 is 0 Å². The van der Waals surface area contributed by atoms with Crippen molar-refractivity contribution in [2.75, 3.05) is 24.7 Å². The Labute approximate surface area is 96.9 Å². The summed E-state index contributed by atoms with van der Waals surface area (Å²) in [6.45, 7) is 0.874. The van der Waals surface area contributed by atoms with Crippen molar-refractivity contribution in [2.45, 2.75) is 25.7 Å². The van der Waals surface area contributed by atoms with E-state index in [0.717, 1.165) is 12.8 Å². The maximum atomic E-state index is 12.0. The molecule has 0 spiro atoms. The Bertz CT molecular complexity index is 377. The van der Waals surface area contributed by atoms with Crippen LogP contribution >= 0.6 is 0 Å². The fourth-order valence-electron chi connectivity index (χ4n) is 1.41. The van der Waals surface area contributed by atoms with Crippen molar-refractivity contribution < 1.29 is 13.7 Å². The molecule has 4 nitrogen and oxygen atoms in total. The van der Waals surface area contributed by atoms with Crippen LogP contribution in [0.3, 0.4) is 0 Å². The SMILES string of the molecule is C#CCCCCC(=O)N=S1(=O)CCOCC1. The van der Waals surface area contributed by atoms with Crippen molar-refractivity contribution in [3.8, 4) is 12.3 Å². The van der Waals surface area contributed by atoms with E-state index in [9.17, 15) is 9.00 Å². The Morgan fingerprint density at radius 1 is 1.38 bits per heavy atom. The largest absolute Gasteiger partial charge is 0.379 e. The lowest BCUT2D eigenvalue weighted by molar-refractivity contribution is -0.117. The van der Waals surface area contributed by atoms with Crippen LogP contribution in [0, 0.1) is 12.3 Å². The molecule has 0 aromatic rings. The number of hydrogen-bond acceptors (Lipinski definition) is 3. The molecule has 1 aliphatic rings. The van der Waals surface area contributed by atoms with Crippen LogP contribution in [0.2, 0.25) is 0 Å². The summed E-state index contributed by atoms with van der Waals surface area (Å²) in [5.74, 6) is 3.01. The van der Waals surface area contributed by atoms with E-state index in [4.69, 9.17) is 11.2 Å². The summed E-state index contributed by atoms with van der Waals surface area (Å²) >= 11 is 0. The van der Waals surface area contributed by atoms with Gasteiger partial charge in [0.2, 0.25) is 0 Å². The van der Waals surface area contributed by atoms with Gasteiger partial charge >= 0.3 is 0 Å². The molecule has 5 heteroatoms. The first kappa shape index (κ1) is 13.2. The summed E-state index contributed by atoms with van der Waals surface area (Å²) in [6, 6.07) is 0. The second-order valence-electron chi connectivity index (χ2n) is 3.69. The van der Waals surface area contributed by atoms with Crippen molar-refractivity contribution in [1.29, 1.82) is 0 Å². The molecule has 0 aromatic heterocycles. The number of carbonyl (C=O) groups is 1. The highest BCUT2D eigenvalue weighted by atomic mass is 32.2. The Kier molecular flexibility index (Phi) is 5.50. The smallest absolute Gasteiger partial charge is 0.253 e. The zero-order valence-corrected chi connectivity index (χ0v) is 10.1. The van der Waals surface area contributed by atoms with Gasteiger partial charge in [-0.1, -0.05) is 0 Å². The average molecular weight is 243 g/mol. The molecule has 90 valence electrons. The molecule has 1 amide bonds. The maximum absolute atomic E-state index is 12.0. The standard InChI is InChI=1S/C11H17NO3S/c1-2-3-4-5-6-11(13)12-16(14)9-7-15-8-10-16/h1H,3-10H2. The van der Waals surface area contributed by atoms with Crippen LogP contribution in [-0.4, -0.2) is 34.8 Å². The molecule has 0 atom stereocenters. The summed E-state index contributed by atoms with van der Waals surface area (Å²) in [5, 5.41) is 0. The van der Waals surface area contributed by atoms with E-state index in [-0.39, 0.29) is 5.91 Å². The summed E-state index contributed by atoms with van der Waals surface area (Å²) in [4.78, 5) is 11.4. The first-order valence-corrected chi connectivity index (χ1v) is 7.28. The van der Waals surface area contributed by atoms with Crippen molar-refractivity contribution in [3.63, 3.8) is 0 Å². The minimum atomic E-state index is -2.32. The molecule has 0 radical (unpaired) electrons. The number of nitrogens with zero attached hydrogens (tertiary/aromatic N) is 1. The predicted octanol–water partition coefficient (Wildman–Crippen LogP) is 1.20. The molecular formula is C11H17NO3S. The van der Waals surface area contributed by atoms with E-state index < -0.39 is 9.73 Å². The van der Waals surface area contributed by atoms with Crippen LogP contribution in [0.5, 0.6) is 0 Å². The minimum absolute atomic E-state index is 0.260. The Hall–Kier alpha value is -0.860. The summed E-state index contributed by atoms with van der Waals surface area (Å²) < 4.78 is 20.9. The van der Waals surface area contributed by atoms with Crippen molar-refractivity contribution >= 4 is 15.6 Å². The predicted molar refractivity (Wildman–Crippen MR) is 63.4 cm³/mol. The summed E-state index contributed by atoms with van der Waals surface area (Å²) in [6.07, 6.45) is 7.66. The molecule has 1 heterocycles. The van der Waals surface area contributed by atoms with Gasteiger partial charge in [0.25, 0.3) is 5.91 Å². The van der Waals surface area contributed by atoms with Gasteiger partial charge in [-0.05, 0) is 12.8 Å². The molecule has 16 heavy (non-hydrogen) atoms. The van der Waals surface area contributed by atoms with Gasteiger partial charge in [0.15, 0.2) is 0 Å². The fraction of sp³-hybridized carbons (Fsp3) is 0.727. The molecule has 1 rings (SSSR count). The number of ether oxygens (including phenoxy) is 1. The van der Waals surface area contributed by atoms with Crippen LogP contribution in [-0.2, 0) is 19.3 Å². The van der Waals surface area contributed by atoms with Gasteiger partial charge in [-0.2, -0.15) is 4.36 Å². The third kappa shape index (κ3) is 4.77. The molecule has 1 aliphatic heterocycles. The number of unbranched alkanes of at least 4 members (excludes halogenated alkanes) is 2. The van der Waals surface area contributed by atoms with E-state index in [0.29, 0.717) is 37.6 Å². The van der Waals surface area contributed by atoms with Crippen LogP contribution in [0.1, 0.15) is 25.7 Å². The quantitative estimate of drug-likeness (QED) is 0.551. The first-order chi connectivity index (χ1) is 7.66. The average Bonchev–Trinajstić information content (AvgIpc) is 2.25. The van der Waals surface area contributed by atoms with Gasteiger partial charge in [-0.3, -0.25) is 4.79 Å². The van der Waals surface area contributed by atoms with E-state index in [1.54, 1.807) is 0 Å². The van der Waals surface area contributed by atoms with Gasteiger partial charge in [0, 0.05) is 12.8 Å². The van der Waals surface area contributed by atoms with E-state index in [1.807, 2.05) is 0 Å². The van der Waals surface area contributed by atoms with Crippen LogP contribution in [0.4, 0.5) is 0 Å². The third-order valence-corrected chi connectivity index (χ3v) is 4.47. The summed E-state index contributed by atoms with van der Waals surface area (Å²) in [7, 11) is -2.32. The monoisotopic (exact) mass is 243 g/mol. The number of carbonyl (C=O) groups excluding carboxylic acids is 1. The Balaban J connectivity index is 2.40. The topological polar surface area (TPSA) is 55.7 Å². The second-order valence-corrected chi connectivity index (χ2v) is 6.23. The fourth-order valence-corrected chi connectivity index (χ4v) is 3.01. The van der Waals surface area contributed by atoms with Crippen molar-refractivity contribution in [2.24, 2.45) is 4.36 Å². The third-order valence-electron chi connectivity index (χ3n) is 2.32. The molecule has 0 aliphatic carbocycles. The Morgan fingerprint density at radius 2 is 2.06 bits per heavy atom. The van der Waals surface area contributed by atoms with Crippen LogP contribution in [0.25, 0.3) is 0 Å². The first-order valence-electron chi connectivity index (χ1n) is 5.43. The number of hydrogen-bond donors (Lipinski definition) is 0. The molecule has 0 N–H and O–H groups in total. The molecule has 1 saturated heterocycles. The highest BCUT2D eigenvalue weighted by Crippen LogP contribution is 2.07. The minimum Gasteiger partial charge on any atom is -0.379 e. The molecule has 0 aromatic carbocycles. The van der Waals surface area contributed by atoms with Crippen molar-refractivity contribution in [3.05, 3.63) is 0 Å². The van der Waals surface area contributed by atoms with Gasteiger partial charge in [0.05, 0.1) is 34.4 Å². The molecular weight excluding hydrogens is 226 g/mol. The highest BCUT2D eigenvalue weighted by Gasteiger charge is 2.16. The molecule has 0 bridgehead atoms. The normalized spacial score (nSPS) is 18.7. The number of amides is 1. The molecule has 1 fully saturated rings. The Morgan fingerprint density at radius 3 is 2.69 bits per heavy atom. The summed E-state index contributed by atoms with van der Waals surface area (Å²) in [5.41, 5.74) is 0. The highest BCUT2D eigenvalue weighted by molar-refractivity contribution is 7.93. The van der Waals surface area contributed by atoms with Crippen LogP contribution < -0.4 is 0 Å². The van der Waals surface area contributed by atoms with Gasteiger partial charge in [-0.25, -0.2) is 4.21 Å². The second kappa shape index (κ2) is 6.66. The lowest BCUT2D eigenvalue weighted by Gasteiger charge is -2.15. The number of terminal acetylenes is 1. The van der Waals surface area contributed by atoms with E-state index in [1.165, 1.54) is 0 Å². The van der Waals surface area contributed by atoms with Crippen molar-refractivity contribution in [1.82, 2.24) is 0 Å². The van der Waals surface area contributed by atoms with Gasteiger partial charge in [-0.15, -0.1) is 12.3 Å².